The average molecular weight is 492 g/mol. The van der Waals surface area contributed by atoms with Gasteiger partial charge in [0, 0.05) is 36.4 Å². The number of dihydropyridines is 1. The van der Waals surface area contributed by atoms with Gasteiger partial charge in [-0.25, -0.2) is 4.79 Å². The number of nitrogens with one attached hydrogen (secondary N) is 1. The second-order valence-electron chi connectivity index (χ2n) is 9.12. The van der Waals surface area contributed by atoms with Gasteiger partial charge in [-0.1, -0.05) is 30.3 Å². The van der Waals surface area contributed by atoms with E-state index in [0.717, 1.165) is 22.4 Å². The highest BCUT2D eigenvalue weighted by Gasteiger charge is 2.42. The van der Waals surface area contributed by atoms with Crippen LogP contribution in [0.1, 0.15) is 48.3 Å². The molecule has 2 atom stereocenters. The molecule has 1 aliphatic carbocycles. The van der Waals surface area contributed by atoms with Crippen LogP contribution in [0.2, 0.25) is 0 Å². The molecule has 0 bridgehead atoms. The smallest absolute Gasteiger partial charge is 0.336 e. The summed E-state index contributed by atoms with van der Waals surface area (Å²) in [7, 11) is 4.76. The summed E-state index contributed by atoms with van der Waals surface area (Å²) < 4.78 is 21.4. The van der Waals surface area contributed by atoms with E-state index in [4.69, 9.17) is 18.9 Å². The van der Waals surface area contributed by atoms with Crippen molar-refractivity contribution < 1.29 is 28.5 Å². The Morgan fingerprint density at radius 3 is 2.42 bits per heavy atom. The van der Waals surface area contributed by atoms with Crippen molar-refractivity contribution in [2.24, 2.45) is 0 Å². The molecule has 2 aromatic carbocycles. The first-order valence-electron chi connectivity index (χ1n) is 12.1. The molecule has 2 aromatic rings. The van der Waals surface area contributed by atoms with Crippen molar-refractivity contribution in [3.8, 4) is 11.5 Å². The molecule has 0 fully saturated rings. The minimum atomic E-state index is -0.489. The van der Waals surface area contributed by atoms with Gasteiger partial charge < -0.3 is 24.3 Å². The van der Waals surface area contributed by atoms with Crippen molar-refractivity contribution >= 4 is 11.8 Å². The summed E-state index contributed by atoms with van der Waals surface area (Å²) in [5.74, 6) is 0.349. The highest BCUT2D eigenvalue weighted by molar-refractivity contribution is 6.04. The molecule has 0 saturated heterocycles. The molecular weight excluding hydrogens is 458 g/mol. The highest BCUT2D eigenvalue weighted by Crippen LogP contribution is 2.47. The molecule has 7 nitrogen and oxygen atoms in total. The highest BCUT2D eigenvalue weighted by atomic mass is 16.6. The van der Waals surface area contributed by atoms with Gasteiger partial charge in [-0.05, 0) is 55.0 Å². The minimum Gasteiger partial charge on any atom is -0.493 e. The number of carbonyl (C=O) groups excluding carboxylic acids is 2. The number of hydrogen-bond acceptors (Lipinski definition) is 7. The van der Waals surface area contributed by atoms with Crippen LogP contribution in [0.15, 0.2) is 65.0 Å². The zero-order valence-electron chi connectivity index (χ0n) is 21.5. The summed E-state index contributed by atoms with van der Waals surface area (Å²) in [6, 6.07) is 13.7. The Hall–Kier alpha value is -3.58. The third-order valence-electron chi connectivity index (χ3n) is 6.95. The number of rotatable bonds is 8. The molecular formula is C29H33NO6. The van der Waals surface area contributed by atoms with E-state index < -0.39 is 11.9 Å². The van der Waals surface area contributed by atoms with Crippen molar-refractivity contribution in [3.05, 3.63) is 81.7 Å². The largest absolute Gasteiger partial charge is 0.493 e. The lowest BCUT2D eigenvalue weighted by Gasteiger charge is -2.37. The molecule has 7 heteroatoms. The lowest BCUT2D eigenvalue weighted by Crippen LogP contribution is -2.36. The molecule has 0 radical (unpaired) electrons. The third-order valence-corrected chi connectivity index (χ3v) is 6.95. The number of hydrogen-bond donors (Lipinski definition) is 1. The summed E-state index contributed by atoms with van der Waals surface area (Å²) in [6.07, 6.45) is 0.978. The fourth-order valence-electron chi connectivity index (χ4n) is 5.17. The van der Waals surface area contributed by atoms with Crippen molar-refractivity contribution in [2.75, 3.05) is 34.5 Å². The van der Waals surface area contributed by atoms with E-state index in [1.54, 1.807) is 21.3 Å². The molecule has 2 aliphatic rings. The number of allylic oxidation sites excluding steroid dienone is 3. The SMILES string of the molecule is COCCOC(=O)C1=C(C)NC2=C(C(=O)C[C@@H](c3ccc(OC)c(OC)c3)C2)[C@@H]1c1ccccc1C. The van der Waals surface area contributed by atoms with Crippen LogP contribution in [0.3, 0.4) is 0 Å². The molecule has 0 amide bonds. The standard InChI is InChI=1S/C29H33NO6/c1-17-8-6-7-9-21(17)27-26(29(32)36-13-12-33-3)18(2)30-22-14-20(15-23(31)28(22)27)19-10-11-24(34-4)25(16-19)35-5/h6-11,16,20,27,30H,12-15H2,1-5H3/t20-,27+/m0/s1. The van der Waals surface area contributed by atoms with Gasteiger partial charge in [0.05, 0.1) is 26.4 Å². The third kappa shape index (κ3) is 4.88. The number of benzene rings is 2. The van der Waals surface area contributed by atoms with Gasteiger partial charge in [0.25, 0.3) is 0 Å². The number of ether oxygens (including phenoxy) is 4. The molecule has 36 heavy (non-hydrogen) atoms. The Morgan fingerprint density at radius 1 is 0.972 bits per heavy atom. The van der Waals surface area contributed by atoms with E-state index >= 15 is 0 Å². The van der Waals surface area contributed by atoms with Gasteiger partial charge in [0.15, 0.2) is 17.3 Å². The molecule has 0 spiro atoms. The van der Waals surface area contributed by atoms with Crippen LogP contribution in [0.25, 0.3) is 0 Å². The van der Waals surface area contributed by atoms with Crippen molar-refractivity contribution in [2.45, 2.75) is 38.5 Å². The van der Waals surface area contributed by atoms with E-state index in [1.165, 1.54) is 0 Å². The number of ketones is 1. The van der Waals surface area contributed by atoms with Crippen LogP contribution in [0.4, 0.5) is 0 Å². The number of Topliss-reactive ketones (excluding diaryl/α,β-unsaturated/α-hetero) is 1. The second-order valence-corrected chi connectivity index (χ2v) is 9.12. The molecule has 1 heterocycles. The first kappa shape index (κ1) is 25.5. The summed E-state index contributed by atoms with van der Waals surface area (Å²) in [5.41, 5.74) is 5.62. The van der Waals surface area contributed by atoms with E-state index in [9.17, 15) is 9.59 Å². The molecule has 4 rings (SSSR count). The van der Waals surface area contributed by atoms with Gasteiger partial charge in [-0.2, -0.15) is 0 Å². The van der Waals surface area contributed by atoms with E-state index in [-0.39, 0.29) is 18.3 Å². The maximum atomic E-state index is 13.8. The first-order chi connectivity index (χ1) is 17.4. The van der Waals surface area contributed by atoms with Crippen LogP contribution in [0.5, 0.6) is 11.5 Å². The minimum absolute atomic E-state index is 0.0199. The van der Waals surface area contributed by atoms with Gasteiger partial charge >= 0.3 is 5.97 Å². The first-order valence-corrected chi connectivity index (χ1v) is 12.1. The van der Waals surface area contributed by atoms with E-state index in [1.807, 2.05) is 56.3 Å². The van der Waals surface area contributed by atoms with Crippen LogP contribution in [0, 0.1) is 6.92 Å². The predicted octanol–water partition coefficient (Wildman–Crippen LogP) is 4.56. The van der Waals surface area contributed by atoms with E-state index in [2.05, 4.69) is 5.32 Å². The lowest BCUT2D eigenvalue weighted by atomic mass is 9.71. The summed E-state index contributed by atoms with van der Waals surface area (Å²) in [4.78, 5) is 27.0. The normalized spacial score (nSPS) is 19.5. The Balaban J connectivity index is 1.75. The molecule has 1 aliphatic heterocycles. The van der Waals surface area contributed by atoms with Gasteiger partial charge in [0.2, 0.25) is 0 Å². The van der Waals surface area contributed by atoms with Crippen LogP contribution in [-0.4, -0.2) is 46.3 Å². The Bertz CT molecular complexity index is 1230. The topological polar surface area (TPSA) is 83.1 Å². The Morgan fingerprint density at radius 2 is 1.72 bits per heavy atom. The maximum Gasteiger partial charge on any atom is 0.336 e. The van der Waals surface area contributed by atoms with Gasteiger partial charge in [-0.15, -0.1) is 0 Å². The quantitative estimate of drug-likeness (QED) is 0.428. The zero-order valence-corrected chi connectivity index (χ0v) is 21.5. The predicted molar refractivity (Wildman–Crippen MR) is 136 cm³/mol. The van der Waals surface area contributed by atoms with Gasteiger partial charge in [-0.3, -0.25) is 4.79 Å². The van der Waals surface area contributed by atoms with E-state index in [0.29, 0.717) is 47.8 Å². The number of carbonyl (C=O) groups is 2. The number of methoxy groups -OCH3 is 3. The summed E-state index contributed by atoms with van der Waals surface area (Å²) >= 11 is 0. The summed E-state index contributed by atoms with van der Waals surface area (Å²) in [6.45, 7) is 4.32. The van der Waals surface area contributed by atoms with Crippen LogP contribution >= 0.6 is 0 Å². The monoisotopic (exact) mass is 491 g/mol. The summed E-state index contributed by atoms with van der Waals surface area (Å²) in [5, 5.41) is 3.39. The van der Waals surface area contributed by atoms with Crippen molar-refractivity contribution in [1.29, 1.82) is 0 Å². The molecule has 0 saturated carbocycles. The van der Waals surface area contributed by atoms with Crippen molar-refractivity contribution in [1.82, 2.24) is 5.32 Å². The Kier molecular flexibility index (Phi) is 7.79. The molecule has 0 aromatic heterocycles. The Labute approximate surface area is 212 Å². The lowest BCUT2D eigenvalue weighted by molar-refractivity contribution is -0.140. The van der Waals surface area contributed by atoms with Crippen molar-refractivity contribution in [3.63, 3.8) is 0 Å². The van der Waals surface area contributed by atoms with Crippen LogP contribution < -0.4 is 14.8 Å². The number of esters is 1. The second kappa shape index (κ2) is 11.0. The fraction of sp³-hybridized carbons (Fsp3) is 0.379. The molecule has 190 valence electrons. The maximum absolute atomic E-state index is 13.8. The fourth-order valence-corrected chi connectivity index (χ4v) is 5.17. The van der Waals surface area contributed by atoms with Gasteiger partial charge in [0.1, 0.15) is 6.61 Å². The molecule has 0 unspecified atom stereocenters. The average Bonchev–Trinajstić information content (AvgIpc) is 2.87. The van der Waals surface area contributed by atoms with Crippen LogP contribution in [-0.2, 0) is 19.1 Å². The zero-order chi connectivity index (χ0) is 25.8. The molecule has 1 N–H and O–H groups in total. The number of aryl methyl sites for hydroxylation is 1.